The van der Waals surface area contributed by atoms with Crippen LogP contribution in [-0.2, 0) is 0 Å². The van der Waals surface area contributed by atoms with E-state index in [2.05, 4.69) is 29.3 Å². The Morgan fingerprint density at radius 2 is 2.15 bits per heavy atom. The van der Waals surface area contributed by atoms with Crippen LogP contribution in [0.2, 0.25) is 0 Å². The molecule has 1 spiro atoms. The molecule has 0 saturated carbocycles. The van der Waals surface area contributed by atoms with Gasteiger partial charge in [0.15, 0.2) is 0 Å². The number of piperidine rings is 1. The lowest BCUT2D eigenvalue weighted by molar-refractivity contribution is 0.0552. The molecular formula is C17H24N2O. The van der Waals surface area contributed by atoms with Crippen LogP contribution < -0.4 is 5.32 Å². The molecule has 1 amide bonds. The minimum Gasteiger partial charge on any atom is -0.338 e. The van der Waals surface area contributed by atoms with E-state index in [9.17, 15) is 4.79 Å². The summed E-state index contributed by atoms with van der Waals surface area (Å²) in [6.45, 7) is 8.09. The Morgan fingerprint density at radius 3 is 2.90 bits per heavy atom. The van der Waals surface area contributed by atoms with Crippen LogP contribution in [0, 0.1) is 19.3 Å². The van der Waals surface area contributed by atoms with Gasteiger partial charge < -0.3 is 10.2 Å². The first kappa shape index (κ1) is 13.6. The highest BCUT2D eigenvalue weighted by atomic mass is 16.2. The molecule has 2 fully saturated rings. The van der Waals surface area contributed by atoms with Crippen molar-refractivity contribution in [3.05, 3.63) is 34.9 Å². The van der Waals surface area contributed by atoms with Gasteiger partial charge in [-0.2, -0.15) is 0 Å². The highest BCUT2D eigenvalue weighted by molar-refractivity contribution is 5.96. The Bertz CT molecular complexity index is 518. The quantitative estimate of drug-likeness (QED) is 0.852. The first-order valence-electron chi connectivity index (χ1n) is 7.67. The SMILES string of the molecule is Cc1ccc(C)c(C(=O)N2CCCC3(CCNC3)C2)c1. The molecule has 2 saturated heterocycles. The van der Waals surface area contributed by atoms with E-state index in [0.717, 1.165) is 49.3 Å². The van der Waals surface area contributed by atoms with Crippen molar-refractivity contribution >= 4 is 5.91 Å². The van der Waals surface area contributed by atoms with E-state index >= 15 is 0 Å². The normalized spacial score (nSPS) is 26.2. The fraction of sp³-hybridized carbons (Fsp3) is 0.588. The summed E-state index contributed by atoms with van der Waals surface area (Å²) in [6, 6.07) is 6.16. The fourth-order valence-corrected chi connectivity index (χ4v) is 3.66. The minimum absolute atomic E-state index is 0.220. The van der Waals surface area contributed by atoms with E-state index < -0.39 is 0 Å². The van der Waals surface area contributed by atoms with Crippen LogP contribution in [0.3, 0.4) is 0 Å². The summed E-state index contributed by atoms with van der Waals surface area (Å²) in [5.41, 5.74) is 3.47. The van der Waals surface area contributed by atoms with Crippen molar-refractivity contribution in [2.75, 3.05) is 26.2 Å². The molecule has 0 radical (unpaired) electrons. The van der Waals surface area contributed by atoms with Crippen LogP contribution in [0.5, 0.6) is 0 Å². The van der Waals surface area contributed by atoms with Gasteiger partial charge in [-0.3, -0.25) is 4.79 Å². The van der Waals surface area contributed by atoms with E-state index in [1.54, 1.807) is 0 Å². The second kappa shape index (κ2) is 5.21. The smallest absolute Gasteiger partial charge is 0.254 e. The molecule has 1 aromatic carbocycles. The lowest BCUT2D eigenvalue weighted by Gasteiger charge is -2.40. The van der Waals surface area contributed by atoms with Crippen LogP contribution >= 0.6 is 0 Å². The number of nitrogens with one attached hydrogen (secondary N) is 1. The average molecular weight is 272 g/mol. The molecule has 0 aliphatic carbocycles. The molecule has 20 heavy (non-hydrogen) atoms. The van der Waals surface area contributed by atoms with Gasteiger partial charge in [-0.25, -0.2) is 0 Å². The molecule has 0 bridgehead atoms. The summed E-state index contributed by atoms with van der Waals surface area (Å²) in [4.78, 5) is 14.9. The van der Waals surface area contributed by atoms with Gasteiger partial charge in [0, 0.05) is 30.6 Å². The molecule has 2 heterocycles. The van der Waals surface area contributed by atoms with E-state index in [0.29, 0.717) is 5.41 Å². The first-order chi connectivity index (χ1) is 9.60. The van der Waals surface area contributed by atoms with Gasteiger partial charge in [0.05, 0.1) is 0 Å². The van der Waals surface area contributed by atoms with E-state index in [-0.39, 0.29) is 5.91 Å². The van der Waals surface area contributed by atoms with Gasteiger partial charge in [-0.15, -0.1) is 0 Å². The minimum atomic E-state index is 0.220. The zero-order chi connectivity index (χ0) is 14.2. The van der Waals surface area contributed by atoms with Gasteiger partial charge >= 0.3 is 0 Å². The Morgan fingerprint density at radius 1 is 1.30 bits per heavy atom. The Labute approximate surface area is 121 Å². The zero-order valence-electron chi connectivity index (χ0n) is 12.5. The summed E-state index contributed by atoms with van der Waals surface area (Å²) in [7, 11) is 0. The highest BCUT2D eigenvalue weighted by Crippen LogP contribution is 2.36. The average Bonchev–Trinajstić information content (AvgIpc) is 2.88. The summed E-state index contributed by atoms with van der Waals surface area (Å²) >= 11 is 0. The van der Waals surface area contributed by atoms with Gasteiger partial charge in [0.1, 0.15) is 0 Å². The molecule has 1 N–H and O–H groups in total. The number of carbonyl (C=O) groups is 1. The van der Waals surface area contributed by atoms with Crippen molar-refractivity contribution in [2.45, 2.75) is 33.1 Å². The third-order valence-corrected chi connectivity index (χ3v) is 4.90. The van der Waals surface area contributed by atoms with E-state index in [1.807, 2.05) is 13.0 Å². The van der Waals surface area contributed by atoms with Crippen molar-refractivity contribution in [1.29, 1.82) is 0 Å². The monoisotopic (exact) mass is 272 g/mol. The largest absolute Gasteiger partial charge is 0.338 e. The fourth-order valence-electron chi connectivity index (χ4n) is 3.66. The number of aryl methyl sites for hydroxylation is 2. The summed E-state index contributed by atoms with van der Waals surface area (Å²) in [5.74, 6) is 0.220. The standard InChI is InChI=1S/C17H24N2O/c1-13-4-5-14(2)15(10-13)16(20)19-9-3-6-17(12-19)7-8-18-11-17/h4-5,10,18H,3,6-9,11-12H2,1-2H3. The van der Waals surface area contributed by atoms with Crippen LogP contribution in [0.1, 0.15) is 40.7 Å². The maximum atomic E-state index is 12.8. The Balaban J connectivity index is 1.81. The van der Waals surface area contributed by atoms with E-state index in [4.69, 9.17) is 0 Å². The second-order valence-corrected chi connectivity index (χ2v) is 6.58. The third kappa shape index (κ3) is 2.47. The summed E-state index contributed by atoms with van der Waals surface area (Å²) in [6.07, 6.45) is 3.61. The van der Waals surface area contributed by atoms with Crippen LogP contribution in [0.4, 0.5) is 0 Å². The number of hydrogen-bond donors (Lipinski definition) is 1. The summed E-state index contributed by atoms with van der Waals surface area (Å²) in [5, 5.41) is 3.46. The maximum Gasteiger partial charge on any atom is 0.254 e. The predicted octanol–water partition coefficient (Wildman–Crippen LogP) is 2.52. The maximum absolute atomic E-state index is 12.8. The molecule has 0 aromatic heterocycles. The second-order valence-electron chi connectivity index (χ2n) is 6.58. The molecular weight excluding hydrogens is 248 g/mol. The summed E-state index contributed by atoms with van der Waals surface area (Å²) < 4.78 is 0. The van der Waals surface area contributed by atoms with Gasteiger partial charge in [-0.05, 0) is 51.3 Å². The lowest BCUT2D eigenvalue weighted by Crippen LogP contribution is -2.47. The molecule has 108 valence electrons. The number of hydrogen-bond acceptors (Lipinski definition) is 2. The van der Waals surface area contributed by atoms with Crippen molar-refractivity contribution in [3.8, 4) is 0 Å². The number of amides is 1. The number of rotatable bonds is 1. The molecule has 3 nitrogen and oxygen atoms in total. The van der Waals surface area contributed by atoms with Crippen molar-refractivity contribution in [1.82, 2.24) is 10.2 Å². The topological polar surface area (TPSA) is 32.3 Å². The van der Waals surface area contributed by atoms with Crippen molar-refractivity contribution in [2.24, 2.45) is 5.41 Å². The Kier molecular flexibility index (Phi) is 3.55. The van der Waals surface area contributed by atoms with Crippen LogP contribution in [0.15, 0.2) is 18.2 Å². The molecule has 3 rings (SSSR count). The molecule has 2 aliphatic rings. The first-order valence-corrected chi connectivity index (χ1v) is 7.67. The molecule has 1 unspecified atom stereocenters. The van der Waals surface area contributed by atoms with Gasteiger partial charge in [0.2, 0.25) is 0 Å². The van der Waals surface area contributed by atoms with Gasteiger partial charge in [0.25, 0.3) is 5.91 Å². The Hall–Kier alpha value is -1.35. The third-order valence-electron chi connectivity index (χ3n) is 4.90. The van der Waals surface area contributed by atoms with Crippen LogP contribution in [-0.4, -0.2) is 37.0 Å². The molecule has 1 aromatic rings. The van der Waals surface area contributed by atoms with Crippen LogP contribution in [0.25, 0.3) is 0 Å². The number of likely N-dealkylation sites (tertiary alicyclic amines) is 1. The van der Waals surface area contributed by atoms with Crippen molar-refractivity contribution in [3.63, 3.8) is 0 Å². The highest BCUT2D eigenvalue weighted by Gasteiger charge is 2.39. The lowest BCUT2D eigenvalue weighted by atomic mass is 9.79. The number of nitrogens with zero attached hydrogens (tertiary/aromatic N) is 1. The number of benzene rings is 1. The predicted molar refractivity (Wildman–Crippen MR) is 81.0 cm³/mol. The van der Waals surface area contributed by atoms with E-state index in [1.165, 1.54) is 12.8 Å². The molecule has 1 atom stereocenters. The molecule has 3 heteroatoms. The zero-order valence-corrected chi connectivity index (χ0v) is 12.5. The number of carbonyl (C=O) groups excluding carboxylic acids is 1. The molecule has 2 aliphatic heterocycles. The van der Waals surface area contributed by atoms with Crippen molar-refractivity contribution < 1.29 is 4.79 Å². The van der Waals surface area contributed by atoms with Gasteiger partial charge in [-0.1, -0.05) is 17.7 Å².